The van der Waals surface area contributed by atoms with Gasteiger partial charge in [0, 0.05) is 29.6 Å². The Morgan fingerprint density at radius 2 is 2.00 bits per heavy atom. The van der Waals surface area contributed by atoms with Gasteiger partial charge in [-0.3, -0.25) is 4.98 Å². The molecule has 1 N–H and O–H groups in total. The summed E-state index contributed by atoms with van der Waals surface area (Å²) in [5.74, 6) is -1.38. The lowest BCUT2D eigenvalue weighted by Gasteiger charge is -2.13. The van der Waals surface area contributed by atoms with Gasteiger partial charge in [-0.1, -0.05) is 6.07 Å². The summed E-state index contributed by atoms with van der Waals surface area (Å²) in [5.41, 5.74) is 0.818. The number of halogens is 2. The molecule has 0 radical (unpaired) electrons. The Balaban J connectivity index is 2.44. The van der Waals surface area contributed by atoms with Crippen LogP contribution in [0.4, 0.5) is 8.78 Å². The van der Waals surface area contributed by atoms with Crippen molar-refractivity contribution in [3.63, 3.8) is 0 Å². The number of nitrogens with zero attached hydrogens (tertiary/aromatic N) is 1. The van der Waals surface area contributed by atoms with Gasteiger partial charge in [-0.2, -0.15) is 0 Å². The van der Waals surface area contributed by atoms with Crippen molar-refractivity contribution in [2.24, 2.45) is 0 Å². The summed E-state index contributed by atoms with van der Waals surface area (Å²) in [7, 11) is 0. The molecule has 1 atom stereocenters. The molecule has 1 aromatic heterocycles. The summed E-state index contributed by atoms with van der Waals surface area (Å²) in [5, 5.41) is 9.99. The zero-order valence-electron chi connectivity index (χ0n) is 9.19. The van der Waals surface area contributed by atoms with E-state index in [1.165, 1.54) is 19.2 Å². The lowest BCUT2D eigenvalue weighted by molar-refractivity contribution is 0.214. The molecular weight excluding hydrogens is 224 g/mol. The van der Waals surface area contributed by atoms with Crippen molar-refractivity contribution in [3.05, 3.63) is 65.0 Å². The molecule has 0 fully saturated rings. The van der Waals surface area contributed by atoms with Crippen LogP contribution in [0, 0.1) is 18.6 Å². The number of rotatable bonds is 2. The lowest BCUT2D eigenvalue weighted by Crippen LogP contribution is -2.04. The average molecular weight is 235 g/mol. The van der Waals surface area contributed by atoms with Gasteiger partial charge in [-0.25, -0.2) is 8.78 Å². The predicted octanol–water partition coefficient (Wildman–Crippen LogP) is 2.75. The highest BCUT2D eigenvalue weighted by Crippen LogP contribution is 2.25. The van der Waals surface area contributed by atoms with Gasteiger partial charge in [0.05, 0.1) is 0 Å². The third-order valence-electron chi connectivity index (χ3n) is 2.57. The second-order valence-electron chi connectivity index (χ2n) is 3.81. The van der Waals surface area contributed by atoms with E-state index in [0.717, 1.165) is 6.07 Å². The molecular formula is C13H11F2NO. The molecule has 88 valence electrons. The number of aliphatic hydroxyl groups excluding tert-OH is 1. The van der Waals surface area contributed by atoms with Gasteiger partial charge in [0.15, 0.2) is 0 Å². The van der Waals surface area contributed by atoms with Crippen LogP contribution in [0.15, 0.2) is 36.7 Å². The molecule has 0 saturated carbocycles. The van der Waals surface area contributed by atoms with Gasteiger partial charge in [0.25, 0.3) is 0 Å². The normalized spacial score (nSPS) is 12.5. The maximum absolute atomic E-state index is 13.5. The van der Waals surface area contributed by atoms with Gasteiger partial charge in [0.2, 0.25) is 0 Å². The van der Waals surface area contributed by atoms with E-state index in [1.54, 1.807) is 18.3 Å². The zero-order chi connectivity index (χ0) is 12.4. The monoisotopic (exact) mass is 235 g/mol. The maximum atomic E-state index is 13.5. The number of aliphatic hydroxyl groups is 1. The van der Waals surface area contributed by atoms with Crippen molar-refractivity contribution in [2.75, 3.05) is 0 Å². The molecule has 1 unspecified atom stereocenters. The third-order valence-corrected chi connectivity index (χ3v) is 2.57. The highest BCUT2D eigenvalue weighted by molar-refractivity contribution is 5.32. The Bertz CT molecular complexity index is 528. The third kappa shape index (κ3) is 2.31. The number of pyridine rings is 1. The second kappa shape index (κ2) is 4.59. The number of hydrogen-bond donors (Lipinski definition) is 1. The van der Waals surface area contributed by atoms with Gasteiger partial charge in [-0.15, -0.1) is 0 Å². The highest BCUT2D eigenvalue weighted by atomic mass is 19.1. The summed E-state index contributed by atoms with van der Waals surface area (Å²) in [6.07, 6.45) is 1.87. The first-order valence-corrected chi connectivity index (χ1v) is 5.13. The Morgan fingerprint density at radius 1 is 1.24 bits per heavy atom. The first kappa shape index (κ1) is 11.7. The quantitative estimate of drug-likeness (QED) is 0.868. The Morgan fingerprint density at radius 3 is 2.65 bits per heavy atom. The minimum absolute atomic E-state index is 0.0527. The number of benzene rings is 1. The molecule has 0 aliphatic heterocycles. The Labute approximate surface area is 97.6 Å². The molecule has 0 amide bonds. The second-order valence-corrected chi connectivity index (χ2v) is 3.81. The molecule has 2 rings (SSSR count). The van der Waals surface area contributed by atoms with Crippen LogP contribution >= 0.6 is 0 Å². The molecule has 2 aromatic rings. The maximum Gasteiger partial charge on any atom is 0.132 e. The van der Waals surface area contributed by atoms with Gasteiger partial charge in [-0.05, 0) is 24.6 Å². The van der Waals surface area contributed by atoms with Crippen LogP contribution in [0.3, 0.4) is 0 Å². The fourth-order valence-corrected chi connectivity index (χ4v) is 1.61. The van der Waals surface area contributed by atoms with E-state index in [-0.39, 0.29) is 5.56 Å². The summed E-state index contributed by atoms with van der Waals surface area (Å²) in [6.45, 7) is 1.52. The summed E-state index contributed by atoms with van der Waals surface area (Å²) < 4.78 is 26.6. The van der Waals surface area contributed by atoms with Crippen molar-refractivity contribution < 1.29 is 13.9 Å². The van der Waals surface area contributed by atoms with Gasteiger partial charge < -0.3 is 5.11 Å². The fourth-order valence-electron chi connectivity index (χ4n) is 1.61. The van der Waals surface area contributed by atoms with E-state index >= 15 is 0 Å². The Kier molecular flexibility index (Phi) is 3.15. The summed E-state index contributed by atoms with van der Waals surface area (Å²) >= 11 is 0. The minimum Gasteiger partial charge on any atom is -0.383 e. The van der Waals surface area contributed by atoms with Crippen LogP contribution in [0.5, 0.6) is 0 Å². The van der Waals surface area contributed by atoms with E-state index in [0.29, 0.717) is 11.1 Å². The average Bonchev–Trinajstić information content (AvgIpc) is 2.34. The molecule has 1 heterocycles. The van der Waals surface area contributed by atoms with Crippen LogP contribution < -0.4 is 0 Å². The van der Waals surface area contributed by atoms with Gasteiger partial charge in [0.1, 0.15) is 17.7 Å². The predicted molar refractivity (Wildman–Crippen MR) is 59.4 cm³/mol. The first-order chi connectivity index (χ1) is 8.09. The SMILES string of the molecule is Cc1cc(C(O)c2cccnc2)c(F)cc1F. The molecule has 4 heteroatoms. The molecule has 0 aliphatic rings. The number of hydrogen-bond acceptors (Lipinski definition) is 2. The summed E-state index contributed by atoms with van der Waals surface area (Å²) in [6, 6.07) is 5.37. The standard InChI is InChI=1S/C13H11F2NO/c1-8-5-10(12(15)6-11(8)14)13(17)9-3-2-4-16-7-9/h2-7,13,17H,1H3. The van der Waals surface area contributed by atoms with E-state index in [2.05, 4.69) is 4.98 Å². The van der Waals surface area contributed by atoms with Crippen molar-refractivity contribution in [2.45, 2.75) is 13.0 Å². The first-order valence-electron chi connectivity index (χ1n) is 5.13. The van der Waals surface area contributed by atoms with Crippen LogP contribution in [-0.2, 0) is 0 Å². The number of aromatic nitrogens is 1. The van der Waals surface area contributed by atoms with E-state index in [9.17, 15) is 13.9 Å². The van der Waals surface area contributed by atoms with E-state index in [1.807, 2.05) is 0 Å². The largest absolute Gasteiger partial charge is 0.383 e. The smallest absolute Gasteiger partial charge is 0.132 e. The number of aryl methyl sites for hydroxylation is 1. The minimum atomic E-state index is -1.14. The molecule has 2 nitrogen and oxygen atoms in total. The van der Waals surface area contributed by atoms with Crippen LogP contribution in [0.25, 0.3) is 0 Å². The van der Waals surface area contributed by atoms with Crippen LogP contribution in [-0.4, -0.2) is 10.1 Å². The molecule has 1 aromatic carbocycles. The highest BCUT2D eigenvalue weighted by Gasteiger charge is 2.17. The molecule has 0 spiro atoms. The van der Waals surface area contributed by atoms with Crippen molar-refractivity contribution in [1.82, 2.24) is 4.98 Å². The lowest BCUT2D eigenvalue weighted by atomic mass is 10.0. The van der Waals surface area contributed by atoms with Crippen molar-refractivity contribution >= 4 is 0 Å². The topological polar surface area (TPSA) is 33.1 Å². The zero-order valence-corrected chi connectivity index (χ0v) is 9.19. The Hall–Kier alpha value is -1.81. The molecule has 0 saturated heterocycles. The molecule has 17 heavy (non-hydrogen) atoms. The van der Waals surface area contributed by atoms with E-state index in [4.69, 9.17) is 0 Å². The van der Waals surface area contributed by atoms with Crippen LogP contribution in [0.2, 0.25) is 0 Å². The fraction of sp³-hybridized carbons (Fsp3) is 0.154. The van der Waals surface area contributed by atoms with Crippen LogP contribution in [0.1, 0.15) is 22.8 Å². The molecule has 0 bridgehead atoms. The van der Waals surface area contributed by atoms with Crippen molar-refractivity contribution in [1.29, 1.82) is 0 Å². The van der Waals surface area contributed by atoms with Gasteiger partial charge >= 0.3 is 0 Å². The van der Waals surface area contributed by atoms with Crippen molar-refractivity contribution in [3.8, 4) is 0 Å². The summed E-state index contributed by atoms with van der Waals surface area (Å²) in [4.78, 5) is 3.84. The van der Waals surface area contributed by atoms with E-state index < -0.39 is 17.7 Å². The molecule has 0 aliphatic carbocycles.